The van der Waals surface area contributed by atoms with Crippen LogP contribution in [0, 0.1) is 6.92 Å². The molecule has 0 aliphatic rings. The maximum Gasteiger partial charge on any atom is 0.257 e. The van der Waals surface area contributed by atoms with Crippen LogP contribution in [0.5, 0.6) is 0 Å². The van der Waals surface area contributed by atoms with E-state index in [0.717, 1.165) is 33.6 Å². The fraction of sp³-hybridized carbons (Fsp3) is 0.0909. The molecular formula is C22H17N5O2S. The molecule has 3 heterocycles. The minimum absolute atomic E-state index is 0.505. The van der Waals surface area contributed by atoms with Crippen molar-refractivity contribution in [2.24, 2.45) is 0 Å². The molecule has 148 valence electrons. The number of para-hydroxylation sites is 1. The van der Waals surface area contributed by atoms with Gasteiger partial charge >= 0.3 is 0 Å². The first-order valence-corrected chi connectivity index (χ1v) is 10.3. The molecular weight excluding hydrogens is 398 g/mol. The molecule has 0 aliphatic heterocycles. The van der Waals surface area contributed by atoms with Crippen molar-refractivity contribution in [2.45, 2.75) is 17.8 Å². The number of thioether (sulfide) groups is 1. The van der Waals surface area contributed by atoms with Crippen LogP contribution < -0.4 is 0 Å². The molecule has 3 aromatic heterocycles. The Labute approximate surface area is 176 Å². The third kappa shape index (κ3) is 3.53. The molecule has 0 radical (unpaired) electrons. The maximum absolute atomic E-state index is 5.47. The molecule has 5 rings (SSSR count). The van der Waals surface area contributed by atoms with Gasteiger partial charge < -0.3 is 8.94 Å². The van der Waals surface area contributed by atoms with Gasteiger partial charge in [0.15, 0.2) is 16.8 Å². The van der Waals surface area contributed by atoms with Crippen LogP contribution in [0.1, 0.15) is 11.6 Å². The van der Waals surface area contributed by atoms with E-state index in [1.54, 1.807) is 6.26 Å². The molecule has 0 saturated carbocycles. The van der Waals surface area contributed by atoms with Gasteiger partial charge in [-0.25, -0.2) is 0 Å². The fourth-order valence-electron chi connectivity index (χ4n) is 3.10. The van der Waals surface area contributed by atoms with E-state index in [2.05, 4.69) is 20.3 Å². The lowest BCUT2D eigenvalue weighted by atomic mass is 10.2. The van der Waals surface area contributed by atoms with Crippen LogP contribution >= 0.6 is 11.8 Å². The Balaban J connectivity index is 1.45. The first-order valence-electron chi connectivity index (χ1n) is 9.36. The second-order valence-corrected chi connectivity index (χ2v) is 7.48. The van der Waals surface area contributed by atoms with Gasteiger partial charge in [0.2, 0.25) is 0 Å². The van der Waals surface area contributed by atoms with E-state index in [-0.39, 0.29) is 0 Å². The van der Waals surface area contributed by atoms with E-state index >= 15 is 0 Å². The molecule has 0 N–H and O–H groups in total. The highest BCUT2D eigenvalue weighted by Gasteiger charge is 2.19. The van der Waals surface area contributed by atoms with Crippen molar-refractivity contribution in [1.82, 2.24) is 24.9 Å². The first-order chi connectivity index (χ1) is 14.8. The first kappa shape index (κ1) is 18.4. The van der Waals surface area contributed by atoms with Crippen molar-refractivity contribution in [1.29, 1.82) is 0 Å². The van der Waals surface area contributed by atoms with Gasteiger partial charge in [0, 0.05) is 11.3 Å². The third-order valence-electron chi connectivity index (χ3n) is 4.57. The summed E-state index contributed by atoms with van der Waals surface area (Å²) in [7, 11) is 0. The van der Waals surface area contributed by atoms with Gasteiger partial charge in [0.1, 0.15) is 5.76 Å². The quantitative estimate of drug-likeness (QED) is 0.353. The summed E-state index contributed by atoms with van der Waals surface area (Å²) in [5.41, 5.74) is 2.77. The number of aryl methyl sites for hydroxylation is 1. The van der Waals surface area contributed by atoms with Crippen molar-refractivity contribution >= 4 is 11.8 Å². The molecule has 0 spiro atoms. The van der Waals surface area contributed by atoms with E-state index in [4.69, 9.17) is 8.94 Å². The standard InChI is InChI=1S/C22H17N5O2S/c1-15-18(12-13-28-15)20-24-25-22(27(20)17-10-6-3-7-11-17)30-14-19-23-21(29-26-19)16-8-4-2-5-9-16/h2-13H,14H2,1H3. The van der Waals surface area contributed by atoms with Crippen molar-refractivity contribution in [3.05, 3.63) is 84.6 Å². The van der Waals surface area contributed by atoms with E-state index < -0.39 is 0 Å². The molecule has 0 atom stereocenters. The lowest BCUT2D eigenvalue weighted by Gasteiger charge is -2.09. The summed E-state index contributed by atoms with van der Waals surface area (Å²) in [4.78, 5) is 4.50. The summed E-state index contributed by atoms with van der Waals surface area (Å²) in [5, 5.41) is 13.7. The van der Waals surface area contributed by atoms with E-state index in [9.17, 15) is 0 Å². The number of hydrogen-bond acceptors (Lipinski definition) is 7. The van der Waals surface area contributed by atoms with Crippen LogP contribution in [-0.4, -0.2) is 24.9 Å². The van der Waals surface area contributed by atoms with Crippen LogP contribution in [0.15, 0.2) is 87.1 Å². The van der Waals surface area contributed by atoms with Crippen LogP contribution in [0.4, 0.5) is 0 Å². The van der Waals surface area contributed by atoms with Crippen LogP contribution in [0.3, 0.4) is 0 Å². The second kappa shape index (κ2) is 8.00. The average Bonchev–Trinajstić information content (AvgIpc) is 3.53. The number of benzene rings is 2. The SMILES string of the molecule is Cc1occc1-c1nnc(SCc2noc(-c3ccccc3)n2)n1-c1ccccc1. The summed E-state index contributed by atoms with van der Waals surface area (Å²) in [6.45, 7) is 1.91. The minimum Gasteiger partial charge on any atom is -0.469 e. The second-order valence-electron chi connectivity index (χ2n) is 6.54. The molecule has 0 saturated heterocycles. The highest BCUT2D eigenvalue weighted by Crippen LogP contribution is 2.31. The topological polar surface area (TPSA) is 82.8 Å². The van der Waals surface area contributed by atoms with E-state index in [0.29, 0.717) is 17.5 Å². The van der Waals surface area contributed by atoms with E-state index in [1.165, 1.54) is 11.8 Å². The number of nitrogens with zero attached hydrogens (tertiary/aromatic N) is 5. The summed E-state index contributed by atoms with van der Waals surface area (Å²) in [6, 6.07) is 21.6. The molecule has 0 aliphatic carbocycles. The van der Waals surface area contributed by atoms with Gasteiger partial charge in [0.25, 0.3) is 5.89 Å². The largest absolute Gasteiger partial charge is 0.469 e. The Morgan fingerprint density at radius 1 is 0.933 bits per heavy atom. The number of hydrogen-bond donors (Lipinski definition) is 0. The number of aromatic nitrogens is 5. The number of furan rings is 1. The molecule has 0 unspecified atom stereocenters. The fourth-order valence-corrected chi connectivity index (χ4v) is 3.90. The average molecular weight is 415 g/mol. The molecule has 0 amide bonds. The Morgan fingerprint density at radius 2 is 1.70 bits per heavy atom. The van der Waals surface area contributed by atoms with Gasteiger partial charge in [-0.15, -0.1) is 10.2 Å². The van der Waals surface area contributed by atoms with E-state index in [1.807, 2.05) is 78.2 Å². The molecule has 5 aromatic rings. The van der Waals surface area contributed by atoms with Crippen molar-refractivity contribution in [3.63, 3.8) is 0 Å². The Bertz CT molecular complexity index is 1260. The zero-order valence-corrected chi connectivity index (χ0v) is 16.9. The van der Waals surface area contributed by atoms with Crippen molar-refractivity contribution in [2.75, 3.05) is 0 Å². The van der Waals surface area contributed by atoms with Crippen LogP contribution in [0.25, 0.3) is 28.5 Å². The van der Waals surface area contributed by atoms with Crippen molar-refractivity contribution in [3.8, 4) is 28.5 Å². The normalized spacial score (nSPS) is 11.1. The monoisotopic (exact) mass is 415 g/mol. The highest BCUT2D eigenvalue weighted by atomic mass is 32.2. The lowest BCUT2D eigenvalue weighted by molar-refractivity contribution is 0.425. The summed E-state index contributed by atoms with van der Waals surface area (Å²) >= 11 is 1.50. The van der Waals surface area contributed by atoms with Gasteiger partial charge in [-0.05, 0) is 37.3 Å². The molecule has 7 nitrogen and oxygen atoms in total. The lowest BCUT2D eigenvalue weighted by Crippen LogP contribution is -2.00. The third-order valence-corrected chi connectivity index (χ3v) is 5.49. The predicted octanol–water partition coefficient (Wildman–Crippen LogP) is 5.18. The zero-order chi connectivity index (χ0) is 20.3. The minimum atomic E-state index is 0.505. The highest BCUT2D eigenvalue weighted by molar-refractivity contribution is 7.98. The Morgan fingerprint density at radius 3 is 2.43 bits per heavy atom. The summed E-state index contributed by atoms with van der Waals surface area (Å²) in [6.07, 6.45) is 1.66. The molecule has 30 heavy (non-hydrogen) atoms. The molecule has 0 fully saturated rings. The Kier molecular flexibility index (Phi) is 4.90. The summed E-state index contributed by atoms with van der Waals surface area (Å²) in [5.74, 6) is 3.13. The Hall–Kier alpha value is -3.65. The van der Waals surface area contributed by atoms with Gasteiger partial charge in [0.05, 0.1) is 17.6 Å². The van der Waals surface area contributed by atoms with Crippen LogP contribution in [-0.2, 0) is 5.75 Å². The molecule has 2 aromatic carbocycles. The smallest absolute Gasteiger partial charge is 0.257 e. The molecule has 0 bridgehead atoms. The van der Waals surface area contributed by atoms with Gasteiger partial charge in [-0.3, -0.25) is 4.57 Å². The zero-order valence-electron chi connectivity index (χ0n) is 16.1. The van der Waals surface area contributed by atoms with Gasteiger partial charge in [-0.2, -0.15) is 4.98 Å². The maximum atomic E-state index is 5.47. The predicted molar refractivity (Wildman–Crippen MR) is 113 cm³/mol. The summed E-state index contributed by atoms with van der Waals surface area (Å²) < 4.78 is 12.9. The molecule has 8 heteroatoms. The van der Waals surface area contributed by atoms with Crippen molar-refractivity contribution < 1.29 is 8.94 Å². The van der Waals surface area contributed by atoms with Crippen LogP contribution in [0.2, 0.25) is 0 Å². The van der Waals surface area contributed by atoms with Gasteiger partial charge in [-0.1, -0.05) is 53.3 Å². The number of rotatable bonds is 6.